The molecule has 2 fully saturated rings. The second-order valence-electron chi connectivity index (χ2n) is 6.32. The van der Waals surface area contributed by atoms with E-state index in [1.807, 2.05) is 0 Å². The molecule has 144 valence electrons. The van der Waals surface area contributed by atoms with Gasteiger partial charge in [-0.15, -0.1) is 0 Å². The molecule has 2 aliphatic rings. The first-order valence-electron chi connectivity index (χ1n) is 8.78. The van der Waals surface area contributed by atoms with E-state index in [9.17, 15) is 14.4 Å². The van der Waals surface area contributed by atoms with Crippen LogP contribution in [0.15, 0.2) is 23.1 Å². The lowest BCUT2D eigenvalue weighted by molar-refractivity contribution is -0.136. The van der Waals surface area contributed by atoms with E-state index in [-0.39, 0.29) is 12.5 Å². The summed E-state index contributed by atoms with van der Waals surface area (Å²) in [6.07, 6.45) is 4.66. The number of piperidine rings is 1. The number of nitrogens with zero attached hydrogens (tertiary/aromatic N) is 2. The third kappa shape index (κ3) is 4.27. The summed E-state index contributed by atoms with van der Waals surface area (Å²) in [7, 11) is 3.07. The Bertz CT molecular complexity index is 786. The van der Waals surface area contributed by atoms with Crippen LogP contribution in [-0.2, 0) is 9.59 Å². The number of carbonyl (C=O) groups excluding carboxylic acids is 3. The molecule has 2 saturated heterocycles. The number of benzene rings is 1. The molecule has 1 aromatic rings. The molecule has 0 radical (unpaired) electrons. The fraction of sp³-hybridized carbons (Fsp3) is 0.421. The Morgan fingerprint density at radius 2 is 1.81 bits per heavy atom. The van der Waals surface area contributed by atoms with Gasteiger partial charge >= 0.3 is 0 Å². The lowest BCUT2D eigenvalue weighted by Gasteiger charge is -2.27. The topological polar surface area (TPSA) is 76.2 Å². The normalized spacial score (nSPS) is 19.0. The van der Waals surface area contributed by atoms with E-state index in [4.69, 9.17) is 9.47 Å². The molecule has 0 bridgehead atoms. The zero-order valence-electron chi connectivity index (χ0n) is 15.4. The summed E-state index contributed by atoms with van der Waals surface area (Å²) in [5.74, 6) is 0.496. The number of imide groups is 1. The number of methoxy groups -OCH3 is 2. The maximum absolute atomic E-state index is 12.6. The quantitative estimate of drug-likeness (QED) is 0.720. The lowest BCUT2D eigenvalue weighted by atomic mass is 10.1. The number of rotatable bonds is 5. The lowest BCUT2D eigenvalue weighted by Crippen LogP contribution is -2.44. The van der Waals surface area contributed by atoms with Gasteiger partial charge in [0, 0.05) is 13.1 Å². The molecule has 0 aliphatic carbocycles. The van der Waals surface area contributed by atoms with Gasteiger partial charge in [0.25, 0.3) is 11.1 Å². The number of ether oxygens (including phenoxy) is 2. The Hall–Kier alpha value is -2.48. The highest BCUT2D eigenvalue weighted by Gasteiger charge is 2.37. The predicted molar refractivity (Wildman–Crippen MR) is 103 cm³/mol. The first kappa shape index (κ1) is 19.3. The van der Waals surface area contributed by atoms with E-state index < -0.39 is 11.1 Å². The zero-order valence-corrected chi connectivity index (χ0v) is 16.2. The second-order valence-corrected chi connectivity index (χ2v) is 7.32. The summed E-state index contributed by atoms with van der Waals surface area (Å²) in [6, 6.07) is 5.23. The SMILES string of the molecule is COc1ccc(C=C2SC(=O)N(CC(=O)N3CCCCC3)C2=O)cc1OC. The van der Waals surface area contributed by atoms with Crippen LogP contribution in [-0.4, -0.2) is 60.7 Å². The summed E-state index contributed by atoms with van der Waals surface area (Å²) in [6.45, 7) is 1.18. The van der Waals surface area contributed by atoms with Crippen LogP contribution in [0, 0.1) is 0 Å². The molecule has 0 atom stereocenters. The van der Waals surface area contributed by atoms with Crippen molar-refractivity contribution in [3.05, 3.63) is 28.7 Å². The number of likely N-dealkylation sites (tertiary alicyclic amines) is 1. The average Bonchev–Trinajstić information content (AvgIpc) is 2.95. The highest BCUT2D eigenvalue weighted by molar-refractivity contribution is 8.18. The molecule has 3 rings (SSSR count). The van der Waals surface area contributed by atoms with Gasteiger partial charge in [-0.25, -0.2) is 0 Å². The molecule has 0 unspecified atom stereocenters. The molecule has 7 nitrogen and oxygen atoms in total. The summed E-state index contributed by atoms with van der Waals surface area (Å²) >= 11 is 0.844. The van der Waals surface area contributed by atoms with Crippen molar-refractivity contribution in [2.75, 3.05) is 33.9 Å². The maximum Gasteiger partial charge on any atom is 0.294 e. The minimum Gasteiger partial charge on any atom is -0.493 e. The highest BCUT2D eigenvalue weighted by Crippen LogP contribution is 2.34. The molecular formula is C19H22N2O5S. The third-order valence-electron chi connectivity index (χ3n) is 4.58. The van der Waals surface area contributed by atoms with Crippen LogP contribution in [0.2, 0.25) is 0 Å². The summed E-state index contributed by atoms with van der Waals surface area (Å²) in [5.41, 5.74) is 0.709. The molecule has 2 aliphatic heterocycles. The second kappa shape index (κ2) is 8.47. The van der Waals surface area contributed by atoms with E-state index in [2.05, 4.69) is 0 Å². The van der Waals surface area contributed by atoms with Crippen LogP contribution in [0.3, 0.4) is 0 Å². The Kier molecular flexibility index (Phi) is 6.05. The van der Waals surface area contributed by atoms with Gasteiger partial charge in [-0.1, -0.05) is 6.07 Å². The number of carbonyl (C=O) groups is 3. The molecule has 0 N–H and O–H groups in total. The van der Waals surface area contributed by atoms with Gasteiger partial charge in [-0.2, -0.15) is 0 Å². The predicted octanol–water partition coefficient (Wildman–Crippen LogP) is 2.75. The first-order chi connectivity index (χ1) is 13.0. The molecule has 2 heterocycles. The van der Waals surface area contributed by atoms with E-state index in [0.717, 1.165) is 35.9 Å². The van der Waals surface area contributed by atoms with E-state index in [1.54, 1.807) is 36.3 Å². The van der Waals surface area contributed by atoms with Crippen LogP contribution in [0.25, 0.3) is 6.08 Å². The van der Waals surface area contributed by atoms with Crippen molar-refractivity contribution in [3.8, 4) is 11.5 Å². The summed E-state index contributed by atoms with van der Waals surface area (Å²) in [4.78, 5) is 40.3. The molecule has 0 spiro atoms. The fourth-order valence-corrected chi connectivity index (χ4v) is 3.95. The van der Waals surface area contributed by atoms with Gasteiger partial charge in [0.2, 0.25) is 5.91 Å². The van der Waals surface area contributed by atoms with Crippen LogP contribution in [0.5, 0.6) is 11.5 Å². The smallest absolute Gasteiger partial charge is 0.294 e. The Morgan fingerprint density at radius 1 is 1.11 bits per heavy atom. The van der Waals surface area contributed by atoms with Gasteiger partial charge in [-0.05, 0) is 54.8 Å². The number of amides is 3. The van der Waals surface area contributed by atoms with Crippen LogP contribution in [0.4, 0.5) is 4.79 Å². The largest absolute Gasteiger partial charge is 0.493 e. The summed E-state index contributed by atoms with van der Waals surface area (Å²) < 4.78 is 10.5. The van der Waals surface area contributed by atoms with Gasteiger partial charge in [0.1, 0.15) is 6.54 Å². The van der Waals surface area contributed by atoms with Crippen molar-refractivity contribution in [1.82, 2.24) is 9.80 Å². The molecule has 8 heteroatoms. The molecule has 27 heavy (non-hydrogen) atoms. The minimum atomic E-state index is -0.440. The van der Waals surface area contributed by atoms with Gasteiger partial charge in [0.15, 0.2) is 11.5 Å². The van der Waals surface area contributed by atoms with E-state index in [0.29, 0.717) is 35.1 Å². The number of hydrogen-bond donors (Lipinski definition) is 0. The van der Waals surface area contributed by atoms with Crippen molar-refractivity contribution < 1.29 is 23.9 Å². The monoisotopic (exact) mass is 390 g/mol. The summed E-state index contributed by atoms with van der Waals surface area (Å²) in [5, 5.41) is -0.419. The van der Waals surface area contributed by atoms with Crippen LogP contribution < -0.4 is 9.47 Å². The highest BCUT2D eigenvalue weighted by atomic mass is 32.2. The Balaban J connectivity index is 1.73. The first-order valence-corrected chi connectivity index (χ1v) is 9.60. The van der Waals surface area contributed by atoms with E-state index >= 15 is 0 Å². The van der Waals surface area contributed by atoms with Crippen molar-refractivity contribution >= 4 is 34.9 Å². The van der Waals surface area contributed by atoms with Gasteiger partial charge < -0.3 is 14.4 Å². The minimum absolute atomic E-state index is 0.177. The van der Waals surface area contributed by atoms with Crippen molar-refractivity contribution in [2.45, 2.75) is 19.3 Å². The fourth-order valence-electron chi connectivity index (χ4n) is 3.11. The Morgan fingerprint density at radius 3 is 2.48 bits per heavy atom. The maximum atomic E-state index is 12.6. The van der Waals surface area contributed by atoms with Gasteiger partial charge in [-0.3, -0.25) is 19.3 Å². The van der Waals surface area contributed by atoms with Crippen molar-refractivity contribution in [3.63, 3.8) is 0 Å². The van der Waals surface area contributed by atoms with Crippen LogP contribution in [0.1, 0.15) is 24.8 Å². The standard InChI is InChI=1S/C19H22N2O5S/c1-25-14-7-6-13(10-15(14)26-2)11-16-18(23)21(19(24)27-16)12-17(22)20-8-4-3-5-9-20/h6-7,10-11H,3-5,8-9,12H2,1-2H3. The Labute approximate surface area is 162 Å². The molecular weight excluding hydrogens is 368 g/mol. The van der Waals surface area contributed by atoms with Gasteiger partial charge in [0.05, 0.1) is 19.1 Å². The molecule has 1 aromatic carbocycles. The molecule has 3 amide bonds. The number of hydrogen-bond acceptors (Lipinski definition) is 6. The average molecular weight is 390 g/mol. The number of thioether (sulfide) groups is 1. The van der Waals surface area contributed by atoms with Crippen molar-refractivity contribution in [2.24, 2.45) is 0 Å². The zero-order chi connectivity index (χ0) is 19.4. The third-order valence-corrected chi connectivity index (χ3v) is 5.49. The van der Waals surface area contributed by atoms with E-state index in [1.165, 1.54) is 7.11 Å². The molecule has 0 saturated carbocycles. The van der Waals surface area contributed by atoms with Crippen molar-refractivity contribution in [1.29, 1.82) is 0 Å². The van der Waals surface area contributed by atoms with Crippen LogP contribution >= 0.6 is 11.8 Å². The molecule has 0 aromatic heterocycles.